The SMILES string of the molecule is CS(=O)(=O)CC(=O)Cc1cccc(F)c1. The number of carbonyl (C=O) groups excluding carboxylic acids is 1. The van der Waals surface area contributed by atoms with E-state index in [1.54, 1.807) is 6.07 Å². The van der Waals surface area contributed by atoms with Crippen molar-refractivity contribution in [2.75, 3.05) is 12.0 Å². The molecule has 0 saturated carbocycles. The molecule has 15 heavy (non-hydrogen) atoms. The molecule has 0 N–H and O–H groups in total. The highest BCUT2D eigenvalue weighted by Gasteiger charge is 2.11. The first-order valence-corrected chi connectivity index (χ1v) is 6.37. The standard InChI is InChI=1S/C10H11FO3S/c1-15(13,14)7-10(12)6-8-3-2-4-9(11)5-8/h2-5H,6-7H2,1H3. The maximum absolute atomic E-state index is 12.7. The van der Waals surface area contributed by atoms with E-state index in [9.17, 15) is 17.6 Å². The van der Waals surface area contributed by atoms with E-state index in [1.165, 1.54) is 18.2 Å². The van der Waals surface area contributed by atoms with Gasteiger partial charge in [-0.3, -0.25) is 4.79 Å². The summed E-state index contributed by atoms with van der Waals surface area (Å²) in [4.78, 5) is 11.2. The van der Waals surface area contributed by atoms with Gasteiger partial charge in [-0.05, 0) is 17.7 Å². The summed E-state index contributed by atoms with van der Waals surface area (Å²) < 4.78 is 34.3. The van der Waals surface area contributed by atoms with Gasteiger partial charge in [0.2, 0.25) is 0 Å². The minimum Gasteiger partial charge on any atom is -0.298 e. The Morgan fingerprint density at radius 1 is 1.40 bits per heavy atom. The lowest BCUT2D eigenvalue weighted by molar-refractivity contribution is -0.116. The molecule has 0 saturated heterocycles. The van der Waals surface area contributed by atoms with Crippen molar-refractivity contribution in [2.45, 2.75) is 6.42 Å². The van der Waals surface area contributed by atoms with Crippen molar-refractivity contribution in [3.8, 4) is 0 Å². The highest BCUT2D eigenvalue weighted by Crippen LogP contribution is 2.05. The Kier molecular flexibility index (Phi) is 3.57. The first-order chi connectivity index (χ1) is 6.87. The molecule has 0 unspecified atom stereocenters. The molecule has 5 heteroatoms. The molecule has 82 valence electrons. The van der Waals surface area contributed by atoms with E-state index >= 15 is 0 Å². The van der Waals surface area contributed by atoms with Gasteiger partial charge in [0.15, 0.2) is 15.6 Å². The van der Waals surface area contributed by atoms with Crippen molar-refractivity contribution < 1.29 is 17.6 Å². The van der Waals surface area contributed by atoms with E-state index in [2.05, 4.69) is 0 Å². The van der Waals surface area contributed by atoms with Crippen LogP contribution in [0.2, 0.25) is 0 Å². The number of carbonyl (C=O) groups is 1. The molecule has 0 amide bonds. The topological polar surface area (TPSA) is 51.2 Å². The van der Waals surface area contributed by atoms with E-state index in [0.29, 0.717) is 5.56 Å². The number of hydrogen-bond donors (Lipinski definition) is 0. The lowest BCUT2D eigenvalue weighted by Gasteiger charge is -2.00. The van der Waals surface area contributed by atoms with Gasteiger partial charge in [-0.2, -0.15) is 0 Å². The summed E-state index contributed by atoms with van der Waals surface area (Å²) in [5.74, 6) is -1.36. The fraction of sp³-hybridized carbons (Fsp3) is 0.300. The van der Waals surface area contributed by atoms with Gasteiger partial charge >= 0.3 is 0 Å². The number of halogens is 1. The maximum Gasteiger partial charge on any atom is 0.154 e. The smallest absolute Gasteiger partial charge is 0.154 e. The summed E-state index contributed by atoms with van der Waals surface area (Å²) in [5.41, 5.74) is 0.489. The molecule has 0 spiro atoms. The zero-order chi connectivity index (χ0) is 11.5. The van der Waals surface area contributed by atoms with Crippen LogP contribution in [0.1, 0.15) is 5.56 Å². The van der Waals surface area contributed by atoms with Gasteiger partial charge in [-0.15, -0.1) is 0 Å². The van der Waals surface area contributed by atoms with E-state index in [4.69, 9.17) is 0 Å². The second kappa shape index (κ2) is 4.53. The summed E-state index contributed by atoms with van der Waals surface area (Å²) in [6.07, 6.45) is 0.946. The molecule has 1 aromatic carbocycles. The number of hydrogen-bond acceptors (Lipinski definition) is 3. The largest absolute Gasteiger partial charge is 0.298 e. The molecule has 0 radical (unpaired) electrons. The molecule has 0 fully saturated rings. The molecule has 0 aliphatic rings. The molecular weight excluding hydrogens is 219 g/mol. The van der Waals surface area contributed by atoms with Gasteiger partial charge in [0.25, 0.3) is 0 Å². The van der Waals surface area contributed by atoms with Crippen LogP contribution in [0, 0.1) is 5.82 Å². The Morgan fingerprint density at radius 2 is 2.07 bits per heavy atom. The molecule has 0 aromatic heterocycles. The maximum atomic E-state index is 12.7. The quantitative estimate of drug-likeness (QED) is 0.774. The van der Waals surface area contributed by atoms with Gasteiger partial charge in [-0.25, -0.2) is 12.8 Å². The van der Waals surface area contributed by atoms with Gasteiger partial charge in [0, 0.05) is 12.7 Å². The van der Waals surface area contributed by atoms with Gasteiger partial charge in [-0.1, -0.05) is 12.1 Å². The summed E-state index contributed by atoms with van der Waals surface area (Å²) in [6.45, 7) is 0. The van der Waals surface area contributed by atoms with E-state index in [-0.39, 0.29) is 6.42 Å². The van der Waals surface area contributed by atoms with Crippen molar-refractivity contribution in [1.29, 1.82) is 0 Å². The molecule has 0 bridgehead atoms. The van der Waals surface area contributed by atoms with E-state index in [1.807, 2.05) is 0 Å². The van der Waals surface area contributed by atoms with Crippen molar-refractivity contribution in [3.05, 3.63) is 35.6 Å². The fourth-order valence-electron chi connectivity index (χ4n) is 1.22. The second-order valence-corrected chi connectivity index (χ2v) is 5.56. The molecular formula is C10H11FO3S. The molecule has 0 aliphatic heterocycles. The summed E-state index contributed by atoms with van der Waals surface area (Å²) in [6, 6.07) is 5.56. The van der Waals surface area contributed by atoms with Crippen LogP contribution in [0.25, 0.3) is 0 Å². The monoisotopic (exact) mass is 230 g/mol. The third-order valence-electron chi connectivity index (χ3n) is 1.71. The molecule has 1 aromatic rings. The first kappa shape index (κ1) is 11.8. The number of ketones is 1. The van der Waals surface area contributed by atoms with E-state index in [0.717, 1.165) is 6.26 Å². The van der Waals surface area contributed by atoms with Gasteiger partial charge in [0.05, 0.1) is 0 Å². The van der Waals surface area contributed by atoms with Crippen molar-refractivity contribution in [2.24, 2.45) is 0 Å². The van der Waals surface area contributed by atoms with Crippen LogP contribution in [-0.4, -0.2) is 26.2 Å². The van der Waals surface area contributed by atoms with Crippen LogP contribution >= 0.6 is 0 Å². The zero-order valence-corrected chi connectivity index (χ0v) is 9.05. The average molecular weight is 230 g/mol. The highest BCUT2D eigenvalue weighted by atomic mass is 32.2. The van der Waals surface area contributed by atoms with Crippen molar-refractivity contribution >= 4 is 15.6 Å². The van der Waals surface area contributed by atoms with Crippen LogP contribution in [0.5, 0.6) is 0 Å². The normalized spacial score (nSPS) is 11.3. The Labute approximate surface area is 87.8 Å². The van der Waals surface area contributed by atoms with Crippen molar-refractivity contribution in [3.63, 3.8) is 0 Å². The fourth-order valence-corrected chi connectivity index (χ4v) is 1.90. The minimum absolute atomic E-state index is 0.0508. The van der Waals surface area contributed by atoms with E-state index < -0.39 is 27.2 Å². The Morgan fingerprint density at radius 3 is 2.60 bits per heavy atom. The second-order valence-electron chi connectivity index (χ2n) is 3.42. The summed E-state index contributed by atoms with van der Waals surface area (Å²) in [5, 5.41) is 0. The molecule has 3 nitrogen and oxygen atoms in total. The predicted octanol–water partition coefficient (Wildman–Crippen LogP) is 0.982. The average Bonchev–Trinajstić information content (AvgIpc) is 1.99. The third kappa shape index (κ3) is 4.69. The predicted molar refractivity (Wildman–Crippen MR) is 54.8 cm³/mol. The third-order valence-corrected chi connectivity index (χ3v) is 2.56. The molecule has 0 heterocycles. The Balaban J connectivity index is 2.67. The molecule has 0 atom stereocenters. The number of benzene rings is 1. The first-order valence-electron chi connectivity index (χ1n) is 4.31. The van der Waals surface area contributed by atoms with Gasteiger partial charge < -0.3 is 0 Å². The molecule has 0 aliphatic carbocycles. The Hall–Kier alpha value is -1.23. The van der Waals surface area contributed by atoms with Crippen LogP contribution in [0.4, 0.5) is 4.39 Å². The summed E-state index contributed by atoms with van der Waals surface area (Å²) in [7, 11) is -3.30. The lowest BCUT2D eigenvalue weighted by Crippen LogP contribution is -2.16. The summed E-state index contributed by atoms with van der Waals surface area (Å²) >= 11 is 0. The van der Waals surface area contributed by atoms with Crippen LogP contribution in [-0.2, 0) is 21.1 Å². The van der Waals surface area contributed by atoms with Gasteiger partial charge in [0.1, 0.15) is 11.6 Å². The van der Waals surface area contributed by atoms with Crippen molar-refractivity contribution in [1.82, 2.24) is 0 Å². The number of sulfone groups is 1. The zero-order valence-electron chi connectivity index (χ0n) is 8.23. The molecule has 1 rings (SSSR count). The number of Topliss-reactive ketones (excluding diaryl/α,β-unsaturated/α-hetero) is 1. The Bertz CT molecular complexity index is 465. The van der Waals surface area contributed by atoms with Crippen LogP contribution in [0.15, 0.2) is 24.3 Å². The van der Waals surface area contributed by atoms with Crippen LogP contribution in [0.3, 0.4) is 0 Å². The van der Waals surface area contributed by atoms with Crippen LogP contribution < -0.4 is 0 Å². The highest BCUT2D eigenvalue weighted by molar-refractivity contribution is 7.91. The lowest BCUT2D eigenvalue weighted by atomic mass is 10.1. The number of rotatable bonds is 4. The minimum atomic E-state index is -3.30.